The largest absolute Gasteiger partial charge is 0.506 e. The van der Waals surface area contributed by atoms with Gasteiger partial charge >= 0.3 is 11.9 Å². The average Bonchev–Trinajstić information content (AvgIpc) is 1.80. The number of carboxylic acid groups (broad SMARTS) is 1. The molecule has 44 nitrogen and oxygen atoms in total. The number of amides is 6. The van der Waals surface area contributed by atoms with E-state index < -0.39 is 65.6 Å². The van der Waals surface area contributed by atoms with Gasteiger partial charge in [-0.2, -0.15) is 0 Å². The number of carbonyl (C=O) groups is 9. The number of piperidine rings is 1. The number of phenols is 1. The molecule has 6 amide bonds. The zero-order valence-corrected chi connectivity index (χ0v) is 89.4. The van der Waals surface area contributed by atoms with E-state index in [4.69, 9.17) is 119 Å². The smallest absolute Gasteiger partial charge is 0.306 e. The molecule has 0 spiro atoms. The van der Waals surface area contributed by atoms with Crippen LogP contribution >= 0.6 is 27.3 Å². The number of ketones is 1. The van der Waals surface area contributed by atoms with E-state index in [1.165, 1.54) is 31.4 Å². The summed E-state index contributed by atoms with van der Waals surface area (Å²) in [5.41, 5.74) is 0.571. The summed E-state index contributed by atoms with van der Waals surface area (Å²) < 4.78 is 132. The second kappa shape index (κ2) is 91.1. The minimum Gasteiger partial charge on any atom is -0.506 e. The molecule has 0 bridgehead atoms. The molecular weight excluding hydrogens is 1990 g/mol. The van der Waals surface area contributed by atoms with Crippen molar-refractivity contribution in [3.8, 4) is 5.75 Å². The summed E-state index contributed by atoms with van der Waals surface area (Å²) in [5, 5.41) is 44.8. The van der Waals surface area contributed by atoms with Crippen molar-refractivity contribution in [3.05, 3.63) is 50.4 Å². The van der Waals surface area contributed by atoms with Gasteiger partial charge in [-0.05, 0) is 97.6 Å². The summed E-state index contributed by atoms with van der Waals surface area (Å²) in [6.45, 7) is 32.4. The molecule has 1 saturated heterocycles. The highest BCUT2D eigenvalue weighted by atomic mass is 79.9. The Morgan fingerprint density at radius 1 is 0.517 bits per heavy atom. The number of nitrogens with zero attached hydrogens (tertiary/aromatic N) is 3. The van der Waals surface area contributed by atoms with Gasteiger partial charge in [0, 0.05) is 88.7 Å². The van der Waals surface area contributed by atoms with Crippen LogP contribution in [0.1, 0.15) is 139 Å². The molecule has 0 aliphatic carbocycles. The number of anilines is 1. The highest BCUT2D eigenvalue weighted by Gasteiger charge is 2.38. The number of nitrogens with one attached hydrogen (secondary N) is 5. The monoisotopic (exact) mass is 2160 g/mol. The minimum atomic E-state index is -1.10. The Morgan fingerprint density at radius 3 is 1.28 bits per heavy atom. The number of likely N-dealkylation sites (tertiary alicyclic amines) is 1. The lowest BCUT2D eigenvalue weighted by atomic mass is 9.83. The molecule has 1 aliphatic heterocycles. The third-order valence-electron chi connectivity index (χ3n) is 22.0. The summed E-state index contributed by atoms with van der Waals surface area (Å²) >= 11 is 4.21. The van der Waals surface area contributed by atoms with Gasteiger partial charge in [-0.1, -0.05) is 53.5 Å². The van der Waals surface area contributed by atoms with Crippen molar-refractivity contribution in [1.29, 1.82) is 0 Å². The topological polar surface area (TPSA) is 515 Å². The van der Waals surface area contributed by atoms with E-state index in [1.807, 2.05) is 34.7 Å². The van der Waals surface area contributed by atoms with Crippen molar-refractivity contribution in [2.75, 3.05) is 356 Å². The predicted octanol–water partition coefficient (Wildman–Crippen LogP) is 5.38. The number of halogens is 1. The Morgan fingerprint density at radius 2 is 0.903 bits per heavy atom. The van der Waals surface area contributed by atoms with Crippen molar-refractivity contribution >= 4 is 86.1 Å². The van der Waals surface area contributed by atoms with Gasteiger partial charge in [0.05, 0.1) is 333 Å². The number of aliphatic hydroxyl groups is 1. The molecule has 1 unspecified atom stereocenters. The maximum Gasteiger partial charge on any atom is 0.306 e. The molecule has 2 aromatic rings. The molecule has 3 rings (SSSR count). The SMILES string of the molecule is CC[C@H](C)[C@H](CC(=O)[C@H]1CCCCN1C)C(=O)N(C)[C@H](C[C@@H](OC(C)=O)c1nc(C(=O)N[C@@H](Cc2ccc(O)c(NC(=O)CCCNC(=O)/C=C(\Br)C(=O)NCCCC(=O)NCCOCCOCCOCCOCCOCCOCCOCCOCCOCCOCCOCCOCCOCCOCCOCCOCCOCCOCCOCCOCCOCCOCCOCCO)c2)CC(C)C(=O)O)cs1)C(C)C. The second-order valence-electron chi connectivity index (χ2n) is 34.0. The Labute approximate surface area is 868 Å². The van der Waals surface area contributed by atoms with Crippen molar-refractivity contribution in [3.63, 3.8) is 0 Å². The molecule has 8 N–H and O–H groups in total. The van der Waals surface area contributed by atoms with Gasteiger partial charge in [-0.3, -0.25) is 48.1 Å². The highest BCUT2D eigenvalue weighted by Crippen LogP contribution is 2.34. The summed E-state index contributed by atoms with van der Waals surface area (Å²) in [7, 11) is 3.66. The number of aromatic nitrogens is 1. The van der Waals surface area contributed by atoms with E-state index >= 15 is 0 Å². The quantitative estimate of drug-likeness (QED) is 0.0178. The normalized spacial score (nSPS) is 14.2. The standard InChI is InChI=1S/C99H171BrN8O36S/c1-9-78(4)83(73-90(112)87-14-10-11-22-107(87)7)98(118)108(8)88(77(2)3)75-91(144-80(6)110)97-106-86(76-145-97)96(117)104-82(70-79(5)99(119)120)71-81-17-18-89(111)85(72-81)105-93(114)16-13-19-101-94(115)74-84(100)95(116)103-20-12-15-92(113)102-21-24-121-26-28-123-30-32-125-34-36-127-38-40-129-42-44-131-46-48-133-50-52-135-54-56-137-58-60-139-62-64-141-66-68-143-69-67-142-65-63-140-61-59-138-57-55-136-53-51-134-49-47-132-45-43-130-41-39-128-37-35-126-33-31-124-29-27-122-25-23-109/h17-18,72,74,76-79,82-83,87-88,91,109,111H,9-16,19-71,73,75H2,1-8H3,(H,101,115)(H,102,113)(H,103,116)(H,104,117)(H,105,114)(H,119,120)/b84-74-/t78-,79?,82+,83-,87+,88+,91+/m0/s1. The van der Waals surface area contributed by atoms with E-state index in [-0.39, 0.29) is 135 Å². The zero-order chi connectivity index (χ0) is 105. The van der Waals surface area contributed by atoms with Crippen LogP contribution in [0.25, 0.3) is 0 Å². The molecular formula is C99H171BrN8O36S. The van der Waals surface area contributed by atoms with Crippen molar-refractivity contribution in [1.82, 2.24) is 36.1 Å². The number of carboxylic acids is 1. The molecule has 0 radical (unpaired) electrons. The fraction of sp³-hybridized carbons (Fsp3) is 0.798. The third-order valence-corrected chi connectivity index (χ3v) is 23.6. The molecule has 2 heterocycles. The summed E-state index contributed by atoms with van der Waals surface area (Å²) in [5.74, 6) is -6.27. The van der Waals surface area contributed by atoms with Crippen LogP contribution in [0.5, 0.6) is 5.75 Å². The number of hydrogen-bond donors (Lipinski definition) is 8. The van der Waals surface area contributed by atoms with E-state index in [1.54, 1.807) is 18.0 Å². The van der Waals surface area contributed by atoms with E-state index in [2.05, 4.69) is 52.4 Å². The van der Waals surface area contributed by atoms with Gasteiger partial charge in [-0.25, -0.2) is 4.98 Å². The van der Waals surface area contributed by atoms with E-state index in [0.717, 1.165) is 43.2 Å². The number of aliphatic hydroxyl groups excluding tert-OH is 1. The van der Waals surface area contributed by atoms with E-state index in [0.29, 0.717) is 321 Å². The number of Topliss-reactive ketones (excluding diaryl/α,β-unsaturated/α-hetero) is 1. The molecule has 1 aromatic carbocycles. The number of rotatable bonds is 101. The first kappa shape index (κ1) is 132. The Bertz CT molecular complexity index is 3670. The number of aromatic hydroxyl groups is 1. The van der Waals surface area contributed by atoms with Gasteiger partial charge in [0.15, 0.2) is 11.9 Å². The fourth-order valence-electron chi connectivity index (χ4n) is 14.0. The summed E-state index contributed by atoms with van der Waals surface area (Å²) in [6, 6.07) is 2.96. The van der Waals surface area contributed by atoms with Crippen LogP contribution in [0.4, 0.5) is 5.69 Å². The lowest BCUT2D eigenvalue weighted by molar-refractivity contribution is -0.149. The predicted molar refractivity (Wildman–Crippen MR) is 539 cm³/mol. The third kappa shape index (κ3) is 71.6. The maximum absolute atomic E-state index is 14.5. The van der Waals surface area contributed by atoms with Crippen molar-refractivity contribution < 1.29 is 172 Å². The van der Waals surface area contributed by atoms with Gasteiger partial charge in [0.1, 0.15) is 16.5 Å². The maximum atomic E-state index is 14.5. The average molecular weight is 2160 g/mol. The van der Waals surface area contributed by atoms with Crippen LogP contribution in [0.3, 0.4) is 0 Å². The number of esters is 1. The molecule has 1 fully saturated rings. The first-order valence-electron chi connectivity index (χ1n) is 50.8. The second-order valence-corrected chi connectivity index (χ2v) is 35.7. The van der Waals surface area contributed by atoms with Crippen LogP contribution in [-0.4, -0.2) is 452 Å². The molecule has 1 aliphatic rings. The first-order valence-corrected chi connectivity index (χ1v) is 52.5. The number of carbonyl (C=O) groups excluding carboxylic acids is 8. The first-order chi connectivity index (χ1) is 70.4. The van der Waals surface area contributed by atoms with Crippen LogP contribution in [0.2, 0.25) is 0 Å². The molecule has 145 heavy (non-hydrogen) atoms. The number of benzene rings is 1. The molecule has 0 saturated carbocycles. The van der Waals surface area contributed by atoms with Crippen LogP contribution in [0, 0.1) is 23.7 Å². The number of phenolic OH excluding ortho intramolecular Hbond substituents is 1. The van der Waals surface area contributed by atoms with Crippen LogP contribution < -0.4 is 26.6 Å². The van der Waals surface area contributed by atoms with E-state index in [9.17, 15) is 53.4 Å². The highest BCUT2D eigenvalue weighted by molar-refractivity contribution is 9.12. The summed E-state index contributed by atoms with van der Waals surface area (Å²) in [4.78, 5) is 126. The zero-order valence-electron chi connectivity index (χ0n) is 87.0. The van der Waals surface area contributed by atoms with Gasteiger partial charge < -0.3 is 160 Å². The van der Waals surface area contributed by atoms with Crippen molar-refractivity contribution in [2.45, 2.75) is 143 Å². The Hall–Kier alpha value is -6.70. The van der Waals surface area contributed by atoms with Gasteiger partial charge in [0.2, 0.25) is 23.6 Å². The fourth-order valence-corrected chi connectivity index (χ4v) is 15.2. The lowest BCUT2D eigenvalue weighted by Crippen LogP contribution is -2.48. The Kier molecular flexibility index (Phi) is 83.2. The summed E-state index contributed by atoms with van der Waals surface area (Å²) in [6.07, 6.45) is 4.41. The number of ether oxygens (including phenoxy) is 24. The minimum absolute atomic E-state index is 0.00936. The van der Waals surface area contributed by atoms with Crippen LogP contribution in [-0.2, 0) is 158 Å². The number of aliphatic carboxylic acids is 1. The Balaban J connectivity index is 1.05. The number of likely N-dealkylation sites (N-methyl/N-ethyl adjacent to an activating group) is 1. The molecule has 836 valence electrons. The lowest BCUT2D eigenvalue weighted by Gasteiger charge is -2.37. The van der Waals surface area contributed by atoms with Gasteiger partial charge in [-0.15, -0.1) is 11.3 Å². The number of thiazole rings is 1. The molecule has 7 atom stereocenters. The van der Waals surface area contributed by atoms with Crippen LogP contribution in [0.15, 0.2) is 34.1 Å². The van der Waals surface area contributed by atoms with Gasteiger partial charge in [0.25, 0.3) is 11.8 Å². The molecule has 46 heteroatoms. The number of hydrogen-bond acceptors (Lipinski definition) is 38. The van der Waals surface area contributed by atoms with Crippen molar-refractivity contribution in [2.24, 2.45) is 23.7 Å². The molecule has 1 aromatic heterocycles.